The van der Waals surface area contributed by atoms with Gasteiger partial charge in [-0.05, 0) is 44.7 Å². The summed E-state index contributed by atoms with van der Waals surface area (Å²) in [6.45, 7) is 3.76. The first-order valence-electron chi connectivity index (χ1n) is 7.53. The molecular formula is C16H23N3OS. The Labute approximate surface area is 131 Å². The molecule has 1 amide bonds. The molecular weight excluding hydrogens is 282 g/mol. The molecule has 0 saturated heterocycles. The van der Waals surface area contributed by atoms with Crippen LogP contribution in [0.3, 0.4) is 0 Å². The van der Waals surface area contributed by atoms with Crippen LogP contribution in [0.2, 0.25) is 0 Å². The van der Waals surface area contributed by atoms with Gasteiger partial charge in [0.05, 0.1) is 22.3 Å². The van der Waals surface area contributed by atoms with Gasteiger partial charge in [0.1, 0.15) is 0 Å². The molecule has 114 valence electrons. The maximum Gasteiger partial charge on any atom is 0.253 e. The number of hydrogen-bond donors (Lipinski definition) is 2. The van der Waals surface area contributed by atoms with Crippen molar-refractivity contribution in [2.45, 2.75) is 52.0 Å². The molecule has 0 radical (unpaired) electrons. The summed E-state index contributed by atoms with van der Waals surface area (Å²) in [5.74, 6) is 0.224. The molecule has 0 spiro atoms. The highest BCUT2D eigenvalue weighted by Crippen LogP contribution is 2.27. The Morgan fingerprint density at radius 2 is 2.00 bits per heavy atom. The maximum atomic E-state index is 12.5. The quantitative estimate of drug-likeness (QED) is 0.839. The van der Waals surface area contributed by atoms with E-state index in [0.29, 0.717) is 16.5 Å². The lowest BCUT2D eigenvalue weighted by atomic mass is 9.83. The van der Waals surface area contributed by atoms with Crippen molar-refractivity contribution in [3.05, 3.63) is 29.1 Å². The van der Waals surface area contributed by atoms with Gasteiger partial charge < -0.3 is 11.1 Å². The molecule has 4 nitrogen and oxygen atoms in total. The maximum absolute atomic E-state index is 12.5. The lowest BCUT2D eigenvalue weighted by Gasteiger charge is -2.30. The van der Waals surface area contributed by atoms with E-state index < -0.39 is 0 Å². The molecule has 3 N–H and O–H groups in total. The first-order valence-corrected chi connectivity index (χ1v) is 7.94. The lowest BCUT2D eigenvalue weighted by molar-refractivity contribution is 0.0931. The topological polar surface area (TPSA) is 68.0 Å². The van der Waals surface area contributed by atoms with E-state index in [0.717, 1.165) is 24.2 Å². The highest BCUT2D eigenvalue weighted by molar-refractivity contribution is 7.80. The zero-order chi connectivity index (χ0) is 15.4. The third-order valence-corrected chi connectivity index (χ3v) is 4.44. The normalized spacial score (nSPS) is 17.2. The molecule has 1 atom stereocenters. The predicted molar refractivity (Wildman–Crippen MR) is 88.3 cm³/mol. The van der Waals surface area contributed by atoms with E-state index in [1.54, 1.807) is 0 Å². The number of nitrogens with two attached hydrogens (primary N) is 1. The zero-order valence-electron chi connectivity index (χ0n) is 12.7. The Morgan fingerprint density at radius 1 is 1.33 bits per heavy atom. The van der Waals surface area contributed by atoms with Gasteiger partial charge in [-0.25, -0.2) is 0 Å². The van der Waals surface area contributed by atoms with Crippen LogP contribution in [0, 0.1) is 19.8 Å². The van der Waals surface area contributed by atoms with Gasteiger partial charge in [0.15, 0.2) is 0 Å². The number of nitrogens with zero attached hydrogens (tertiary/aromatic N) is 1. The van der Waals surface area contributed by atoms with Crippen LogP contribution in [-0.2, 0) is 0 Å². The van der Waals surface area contributed by atoms with Crippen molar-refractivity contribution >= 4 is 23.1 Å². The van der Waals surface area contributed by atoms with Gasteiger partial charge in [0.25, 0.3) is 5.91 Å². The summed E-state index contributed by atoms with van der Waals surface area (Å²) in [5, 5.41) is 3.02. The van der Waals surface area contributed by atoms with E-state index in [4.69, 9.17) is 18.0 Å². The van der Waals surface area contributed by atoms with Crippen molar-refractivity contribution < 1.29 is 4.79 Å². The Morgan fingerprint density at radius 3 is 2.57 bits per heavy atom. The molecule has 1 aliphatic carbocycles. The molecule has 21 heavy (non-hydrogen) atoms. The Balaban J connectivity index is 2.12. The van der Waals surface area contributed by atoms with Crippen LogP contribution in [0.5, 0.6) is 0 Å². The summed E-state index contributed by atoms with van der Waals surface area (Å²) in [6.07, 6.45) is 5.78. The van der Waals surface area contributed by atoms with E-state index in [1.807, 2.05) is 26.0 Å². The fourth-order valence-corrected chi connectivity index (χ4v) is 3.29. The number of aryl methyl sites for hydroxylation is 2. The second kappa shape index (κ2) is 6.98. The van der Waals surface area contributed by atoms with Crippen LogP contribution in [0.15, 0.2) is 12.1 Å². The number of nitrogens with one attached hydrogen (secondary N) is 1. The van der Waals surface area contributed by atoms with Crippen molar-refractivity contribution in [1.82, 2.24) is 10.3 Å². The number of amides is 1. The van der Waals surface area contributed by atoms with Crippen LogP contribution < -0.4 is 11.1 Å². The number of rotatable bonds is 4. The van der Waals surface area contributed by atoms with E-state index in [-0.39, 0.29) is 11.9 Å². The molecule has 1 aromatic rings. The summed E-state index contributed by atoms with van der Waals surface area (Å²) in [6, 6.07) is 3.44. The second-order valence-electron chi connectivity index (χ2n) is 5.84. The van der Waals surface area contributed by atoms with Crippen LogP contribution in [0.25, 0.3) is 0 Å². The number of carbonyl (C=O) groups is 1. The average Bonchev–Trinajstić information content (AvgIpc) is 2.45. The molecule has 0 bridgehead atoms. The summed E-state index contributed by atoms with van der Waals surface area (Å²) in [4.78, 5) is 17.2. The molecule has 1 aliphatic rings. The Kier molecular flexibility index (Phi) is 5.28. The Bertz CT molecular complexity index is 538. The van der Waals surface area contributed by atoms with E-state index in [2.05, 4.69) is 10.3 Å². The fraction of sp³-hybridized carbons (Fsp3) is 0.562. The second-order valence-corrected chi connectivity index (χ2v) is 6.31. The molecule has 2 rings (SSSR count). The van der Waals surface area contributed by atoms with Crippen LogP contribution in [-0.4, -0.2) is 21.9 Å². The molecule has 1 unspecified atom stereocenters. The Hall–Kier alpha value is -1.49. The van der Waals surface area contributed by atoms with Gasteiger partial charge in [-0.2, -0.15) is 0 Å². The molecule has 0 aromatic carbocycles. The van der Waals surface area contributed by atoms with Crippen molar-refractivity contribution in [3.63, 3.8) is 0 Å². The first kappa shape index (κ1) is 15.9. The number of thiocarbonyl (C=S) groups is 1. The van der Waals surface area contributed by atoms with Crippen molar-refractivity contribution in [2.24, 2.45) is 11.7 Å². The van der Waals surface area contributed by atoms with Crippen molar-refractivity contribution in [2.75, 3.05) is 0 Å². The first-order chi connectivity index (χ1) is 9.99. The lowest BCUT2D eigenvalue weighted by Crippen LogP contribution is -2.49. The fourth-order valence-electron chi connectivity index (χ4n) is 3.03. The smallest absolute Gasteiger partial charge is 0.253 e. The SMILES string of the molecule is Cc1ccc(C(=O)NC(C(N)=S)C2CCCCC2)c(C)n1. The minimum Gasteiger partial charge on any atom is -0.392 e. The zero-order valence-corrected chi connectivity index (χ0v) is 13.5. The van der Waals surface area contributed by atoms with E-state index >= 15 is 0 Å². The van der Waals surface area contributed by atoms with Crippen molar-refractivity contribution in [3.8, 4) is 0 Å². The summed E-state index contributed by atoms with van der Waals surface area (Å²) in [7, 11) is 0. The van der Waals surface area contributed by atoms with Crippen molar-refractivity contribution in [1.29, 1.82) is 0 Å². The molecule has 1 heterocycles. The largest absolute Gasteiger partial charge is 0.392 e. The van der Waals surface area contributed by atoms with Gasteiger partial charge in [0, 0.05) is 5.69 Å². The van der Waals surface area contributed by atoms with Gasteiger partial charge >= 0.3 is 0 Å². The van der Waals surface area contributed by atoms with Gasteiger partial charge in [-0.15, -0.1) is 0 Å². The van der Waals surface area contributed by atoms with Gasteiger partial charge in [-0.1, -0.05) is 31.5 Å². The molecule has 0 aliphatic heterocycles. The summed E-state index contributed by atoms with van der Waals surface area (Å²) in [5.41, 5.74) is 8.09. The predicted octanol–water partition coefficient (Wildman–Crippen LogP) is 2.66. The number of carbonyl (C=O) groups excluding carboxylic acids is 1. The molecule has 1 saturated carbocycles. The monoisotopic (exact) mass is 305 g/mol. The highest BCUT2D eigenvalue weighted by atomic mass is 32.1. The molecule has 1 aromatic heterocycles. The molecule has 1 fully saturated rings. The van der Waals surface area contributed by atoms with Gasteiger partial charge in [0.2, 0.25) is 0 Å². The summed E-state index contributed by atoms with van der Waals surface area (Å²) >= 11 is 5.17. The standard InChI is InChI=1S/C16H23N3OS/c1-10-8-9-13(11(2)18-10)16(20)19-14(15(17)21)12-6-4-3-5-7-12/h8-9,12,14H,3-7H2,1-2H3,(H2,17,21)(H,19,20). The third-order valence-electron chi connectivity index (χ3n) is 4.18. The van der Waals surface area contributed by atoms with Crippen LogP contribution in [0.4, 0.5) is 0 Å². The van der Waals surface area contributed by atoms with Crippen LogP contribution >= 0.6 is 12.2 Å². The van der Waals surface area contributed by atoms with E-state index in [1.165, 1.54) is 19.3 Å². The number of aromatic nitrogens is 1. The van der Waals surface area contributed by atoms with Gasteiger partial charge in [-0.3, -0.25) is 9.78 Å². The highest BCUT2D eigenvalue weighted by Gasteiger charge is 2.27. The van der Waals surface area contributed by atoms with Crippen LogP contribution in [0.1, 0.15) is 53.8 Å². The third kappa shape index (κ3) is 4.00. The summed E-state index contributed by atoms with van der Waals surface area (Å²) < 4.78 is 0. The number of hydrogen-bond acceptors (Lipinski definition) is 3. The van der Waals surface area contributed by atoms with E-state index in [9.17, 15) is 4.79 Å². The minimum absolute atomic E-state index is 0.136. The minimum atomic E-state index is -0.214. The number of pyridine rings is 1. The average molecular weight is 305 g/mol. The molecule has 5 heteroatoms.